The van der Waals surface area contributed by atoms with Crippen LogP contribution in [0.25, 0.3) is 0 Å². The highest BCUT2D eigenvalue weighted by atomic mass is 79.9. The third-order valence-electron chi connectivity index (χ3n) is 4.68. The Bertz CT molecular complexity index is 761. The number of nitrogens with one attached hydrogen (secondary N) is 1. The highest BCUT2D eigenvalue weighted by molar-refractivity contribution is 9.10. The number of nitrogens with zero attached hydrogens (tertiary/aromatic N) is 1. The van der Waals surface area contributed by atoms with E-state index in [4.69, 9.17) is 0 Å². The van der Waals surface area contributed by atoms with Gasteiger partial charge in [-0.05, 0) is 56.0 Å². The van der Waals surface area contributed by atoms with Crippen LogP contribution in [-0.4, -0.2) is 35.3 Å². The quantitative estimate of drug-likeness (QED) is 0.808. The van der Waals surface area contributed by atoms with E-state index in [0.717, 1.165) is 23.7 Å². The molecule has 1 fully saturated rings. The van der Waals surface area contributed by atoms with Gasteiger partial charge in [-0.15, -0.1) is 0 Å². The van der Waals surface area contributed by atoms with Gasteiger partial charge in [0.1, 0.15) is 6.04 Å². The van der Waals surface area contributed by atoms with Gasteiger partial charge in [-0.1, -0.05) is 46.3 Å². The molecule has 0 radical (unpaired) electrons. The summed E-state index contributed by atoms with van der Waals surface area (Å²) in [5.74, 6) is -0.125. The SMILES string of the molecule is CC(Cc1ccc(Br)cc1)NC(=O)C1CCCN1C(=O)c1ccccc1. The summed E-state index contributed by atoms with van der Waals surface area (Å²) < 4.78 is 1.04. The number of benzene rings is 2. The Morgan fingerprint density at radius 1 is 1.15 bits per heavy atom. The first-order chi connectivity index (χ1) is 12.5. The van der Waals surface area contributed by atoms with E-state index in [1.54, 1.807) is 17.0 Å². The normalized spacial score (nSPS) is 17.8. The minimum atomic E-state index is -0.380. The van der Waals surface area contributed by atoms with Gasteiger partial charge in [0.15, 0.2) is 0 Å². The van der Waals surface area contributed by atoms with E-state index < -0.39 is 0 Å². The molecular formula is C21H23BrN2O2. The van der Waals surface area contributed by atoms with Gasteiger partial charge in [0, 0.05) is 22.6 Å². The summed E-state index contributed by atoms with van der Waals surface area (Å²) in [6, 6.07) is 16.9. The Hall–Kier alpha value is -2.14. The topological polar surface area (TPSA) is 49.4 Å². The first-order valence-electron chi connectivity index (χ1n) is 8.95. The molecule has 0 saturated carbocycles. The van der Waals surface area contributed by atoms with E-state index in [2.05, 4.69) is 21.2 Å². The molecule has 2 aromatic carbocycles. The predicted molar refractivity (Wildman–Crippen MR) is 106 cm³/mol. The van der Waals surface area contributed by atoms with E-state index in [1.165, 1.54) is 5.56 Å². The van der Waals surface area contributed by atoms with Crippen molar-refractivity contribution in [3.8, 4) is 0 Å². The lowest BCUT2D eigenvalue weighted by Crippen LogP contribution is -2.48. The zero-order valence-electron chi connectivity index (χ0n) is 14.8. The van der Waals surface area contributed by atoms with Crippen molar-refractivity contribution in [1.82, 2.24) is 10.2 Å². The van der Waals surface area contributed by atoms with E-state index in [-0.39, 0.29) is 23.9 Å². The second-order valence-electron chi connectivity index (χ2n) is 6.76. The van der Waals surface area contributed by atoms with Crippen LogP contribution in [0.4, 0.5) is 0 Å². The summed E-state index contributed by atoms with van der Waals surface area (Å²) in [6.45, 7) is 2.63. The average molecular weight is 415 g/mol. The Labute approximate surface area is 162 Å². The van der Waals surface area contributed by atoms with E-state index in [9.17, 15) is 9.59 Å². The molecule has 26 heavy (non-hydrogen) atoms. The molecule has 1 aliphatic rings. The van der Waals surface area contributed by atoms with Crippen molar-refractivity contribution in [2.75, 3.05) is 6.54 Å². The maximum Gasteiger partial charge on any atom is 0.254 e. The summed E-state index contributed by atoms with van der Waals surface area (Å²) in [4.78, 5) is 27.2. The molecule has 3 rings (SSSR count). The molecule has 2 atom stereocenters. The van der Waals surface area contributed by atoms with E-state index >= 15 is 0 Å². The highest BCUT2D eigenvalue weighted by Gasteiger charge is 2.34. The molecule has 2 amide bonds. The standard InChI is InChI=1S/C21H23BrN2O2/c1-15(14-16-9-11-18(22)12-10-16)23-20(25)19-8-5-13-24(19)21(26)17-6-3-2-4-7-17/h2-4,6-7,9-12,15,19H,5,8,13-14H2,1H3,(H,23,25). The van der Waals surface area contributed by atoms with E-state index in [1.807, 2.05) is 49.4 Å². The van der Waals surface area contributed by atoms with Crippen molar-refractivity contribution in [3.63, 3.8) is 0 Å². The second kappa shape index (κ2) is 8.49. The number of carbonyl (C=O) groups excluding carboxylic acids is 2. The van der Waals surface area contributed by atoms with Crippen molar-refractivity contribution in [1.29, 1.82) is 0 Å². The Kier molecular flexibility index (Phi) is 6.09. The largest absolute Gasteiger partial charge is 0.352 e. The first kappa shape index (κ1) is 18.6. The molecule has 4 nitrogen and oxygen atoms in total. The third kappa shape index (κ3) is 4.52. The minimum absolute atomic E-state index is 0.0120. The lowest BCUT2D eigenvalue weighted by molar-refractivity contribution is -0.125. The molecule has 0 bridgehead atoms. The van der Waals surface area contributed by atoms with Crippen LogP contribution in [0.2, 0.25) is 0 Å². The van der Waals surface area contributed by atoms with Crippen LogP contribution in [0.15, 0.2) is 59.1 Å². The molecule has 136 valence electrons. The fourth-order valence-electron chi connectivity index (χ4n) is 3.39. The number of amides is 2. The predicted octanol–water partition coefficient (Wildman–Crippen LogP) is 3.80. The summed E-state index contributed by atoms with van der Waals surface area (Å²) >= 11 is 3.43. The lowest BCUT2D eigenvalue weighted by atomic mass is 10.1. The number of hydrogen-bond donors (Lipinski definition) is 1. The number of carbonyl (C=O) groups is 2. The zero-order chi connectivity index (χ0) is 18.5. The molecule has 0 aromatic heterocycles. The van der Waals surface area contributed by atoms with Crippen molar-refractivity contribution in [3.05, 3.63) is 70.2 Å². The second-order valence-corrected chi connectivity index (χ2v) is 7.68. The molecule has 5 heteroatoms. The lowest BCUT2D eigenvalue weighted by Gasteiger charge is -2.25. The van der Waals surface area contributed by atoms with Gasteiger partial charge >= 0.3 is 0 Å². The molecule has 1 saturated heterocycles. The minimum Gasteiger partial charge on any atom is -0.352 e. The van der Waals surface area contributed by atoms with Crippen LogP contribution in [0, 0.1) is 0 Å². The molecule has 1 N–H and O–H groups in total. The van der Waals surface area contributed by atoms with Crippen LogP contribution in [0.3, 0.4) is 0 Å². The van der Waals surface area contributed by atoms with Gasteiger partial charge in [0.2, 0.25) is 5.91 Å². The van der Waals surface area contributed by atoms with Crippen LogP contribution in [-0.2, 0) is 11.2 Å². The molecule has 2 unspecified atom stereocenters. The van der Waals surface area contributed by atoms with E-state index in [0.29, 0.717) is 12.1 Å². The van der Waals surface area contributed by atoms with Crippen molar-refractivity contribution >= 4 is 27.7 Å². The van der Waals surface area contributed by atoms with Crippen LogP contribution >= 0.6 is 15.9 Å². The summed E-state index contributed by atoms with van der Waals surface area (Å²) in [5, 5.41) is 3.08. The summed E-state index contributed by atoms with van der Waals surface area (Å²) in [6.07, 6.45) is 2.34. The van der Waals surface area contributed by atoms with Gasteiger partial charge in [-0.25, -0.2) is 0 Å². The molecule has 0 aliphatic carbocycles. The van der Waals surface area contributed by atoms with Crippen LogP contribution in [0.1, 0.15) is 35.7 Å². The molecular weight excluding hydrogens is 392 g/mol. The maximum absolute atomic E-state index is 12.7. The zero-order valence-corrected chi connectivity index (χ0v) is 16.4. The van der Waals surface area contributed by atoms with Crippen molar-refractivity contribution < 1.29 is 9.59 Å². The smallest absolute Gasteiger partial charge is 0.254 e. The van der Waals surface area contributed by atoms with Gasteiger partial charge in [0.05, 0.1) is 0 Å². The molecule has 2 aromatic rings. The molecule has 0 spiro atoms. The Morgan fingerprint density at radius 3 is 2.54 bits per heavy atom. The molecule has 1 aliphatic heterocycles. The van der Waals surface area contributed by atoms with Gasteiger partial charge in [-0.3, -0.25) is 9.59 Å². The van der Waals surface area contributed by atoms with Crippen molar-refractivity contribution in [2.45, 2.75) is 38.3 Å². The van der Waals surface area contributed by atoms with Gasteiger partial charge in [0.25, 0.3) is 5.91 Å². The molecule has 1 heterocycles. The number of halogens is 1. The Morgan fingerprint density at radius 2 is 1.85 bits per heavy atom. The van der Waals surface area contributed by atoms with Gasteiger partial charge in [-0.2, -0.15) is 0 Å². The maximum atomic E-state index is 12.7. The monoisotopic (exact) mass is 414 g/mol. The third-order valence-corrected chi connectivity index (χ3v) is 5.21. The number of likely N-dealkylation sites (tertiary alicyclic amines) is 1. The van der Waals surface area contributed by atoms with Gasteiger partial charge < -0.3 is 10.2 Å². The summed E-state index contributed by atoms with van der Waals surface area (Å²) in [5.41, 5.74) is 1.81. The number of rotatable bonds is 5. The fraction of sp³-hybridized carbons (Fsp3) is 0.333. The van der Waals surface area contributed by atoms with Crippen LogP contribution < -0.4 is 5.32 Å². The van der Waals surface area contributed by atoms with Crippen molar-refractivity contribution in [2.24, 2.45) is 0 Å². The average Bonchev–Trinajstić information content (AvgIpc) is 3.13. The Balaban J connectivity index is 1.61. The summed E-state index contributed by atoms with van der Waals surface area (Å²) in [7, 11) is 0. The fourth-order valence-corrected chi connectivity index (χ4v) is 3.66. The first-order valence-corrected chi connectivity index (χ1v) is 9.75. The number of hydrogen-bond acceptors (Lipinski definition) is 2. The van der Waals surface area contributed by atoms with Crippen LogP contribution in [0.5, 0.6) is 0 Å². The highest BCUT2D eigenvalue weighted by Crippen LogP contribution is 2.21.